The molecule has 2 atom stereocenters. The molecule has 3 N–H and O–H groups in total. The second-order valence-electron chi connectivity index (χ2n) is 8.07. The third-order valence-electron chi connectivity index (χ3n) is 5.80. The highest BCUT2D eigenvalue weighted by molar-refractivity contribution is 5.92. The summed E-state index contributed by atoms with van der Waals surface area (Å²) in [4.78, 5) is 26.6. The van der Waals surface area contributed by atoms with Gasteiger partial charge < -0.3 is 15.5 Å². The van der Waals surface area contributed by atoms with Gasteiger partial charge in [0.1, 0.15) is 0 Å². The second kappa shape index (κ2) is 11.3. The first kappa shape index (κ1) is 23.2. The Morgan fingerprint density at radius 3 is 1.94 bits per heavy atom. The van der Waals surface area contributed by atoms with Crippen molar-refractivity contribution in [2.75, 3.05) is 18.9 Å². The molecule has 0 saturated heterocycles. The molecule has 0 aromatic heterocycles. The van der Waals surface area contributed by atoms with Crippen molar-refractivity contribution in [2.24, 2.45) is 0 Å². The number of anilines is 1. The molecule has 3 aromatic rings. The molecular formula is C27H32N3O2+. The van der Waals surface area contributed by atoms with Gasteiger partial charge >= 0.3 is 0 Å². The lowest BCUT2D eigenvalue weighted by Crippen LogP contribution is -3.15. The molecule has 0 bridgehead atoms. The Balaban J connectivity index is 1.66. The highest BCUT2D eigenvalue weighted by Gasteiger charge is 2.27. The van der Waals surface area contributed by atoms with Crippen LogP contribution in [0.4, 0.5) is 5.69 Å². The summed E-state index contributed by atoms with van der Waals surface area (Å²) in [5.41, 5.74) is 3.97. The molecule has 3 aromatic carbocycles. The van der Waals surface area contributed by atoms with E-state index < -0.39 is 6.04 Å². The minimum Gasteiger partial charge on any atom is -0.340 e. The van der Waals surface area contributed by atoms with Crippen molar-refractivity contribution in [1.29, 1.82) is 0 Å². The smallest absolute Gasteiger partial charge is 0.279 e. The first-order chi connectivity index (χ1) is 15.5. The number of para-hydroxylation sites is 1. The second-order valence-corrected chi connectivity index (χ2v) is 8.07. The summed E-state index contributed by atoms with van der Waals surface area (Å²) in [6.45, 7) is 4.11. The van der Waals surface area contributed by atoms with E-state index in [0.29, 0.717) is 0 Å². The summed E-state index contributed by atoms with van der Waals surface area (Å²) in [7, 11) is 1.87. The fraction of sp³-hybridized carbons (Fsp3) is 0.259. The molecule has 3 rings (SSSR count). The summed E-state index contributed by atoms with van der Waals surface area (Å²) < 4.78 is 0. The van der Waals surface area contributed by atoms with Crippen molar-refractivity contribution in [1.82, 2.24) is 5.32 Å². The number of hydrogen-bond acceptors (Lipinski definition) is 2. The molecule has 5 heteroatoms. The van der Waals surface area contributed by atoms with Crippen LogP contribution in [0, 0.1) is 0 Å². The summed E-state index contributed by atoms with van der Waals surface area (Å²) in [6, 6.07) is 27.0. The number of quaternary nitrogens is 1. The molecule has 2 amide bonds. The van der Waals surface area contributed by atoms with Gasteiger partial charge in [0.15, 0.2) is 12.6 Å². The van der Waals surface area contributed by atoms with Gasteiger partial charge in [0, 0.05) is 5.69 Å². The summed E-state index contributed by atoms with van der Waals surface area (Å²) in [5.74, 6) is -0.201. The van der Waals surface area contributed by atoms with Crippen LogP contribution >= 0.6 is 0 Å². The first-order valence-corrected chi connectivity index (χ1v) is 11.1. The van der Waals surface area contributed by atoms with E-state index in [4.69, 9.17) is 0 Å². The number of benzene rings is 3. The maximum atomic E-state index is 13.1. The van der Waals surface area contributed by atoms with Crippen molar-refractivity contribution >= 4 is 17.5 Å². The molecule has 0 aliphatic rings. The van der Waals surface area contributed by atoms with E-state index in [2.05, 4.69) is 17.6 Å². The number of carbonyl (C=O) groups excluding carboxylic acids is 2. The molecule has 0 heterocycles. The zero-order valence-corrected chi connectivity index (χ0v) is 19.0. The van der Waals surface area contributed by atoms with E-state index in [1.165, 1.54) is 0 Å². The Labute approximate surface area is 190 Å². The predicted molar refractivity (Wildman–Crippen MR) is 129 cm³/mol. The Morgan fingerprint density at radius 1 is 0.844 bits per heavy atom. The van der Waals surface area contributed by atoms with Gasteiger partial charge in [0.2, 0.25) is 0 Å². The lowest BCUT2D eigenvalue weighted by atomic mass is 9.98. The van der Waals surface area contributed by atoms with E-state index in [0.717, 1.165) is 33.7 Å². The summed E-state index contributed by atoms with van der Waals surface area (Å²) in [5, 5.41) is 6.17. The number of rotatable bonds is 9. The van der Waals surface area contributed by atoms with Gasteiger partial charge in [-0.25, -0.2) is 0 Å². The fourth-order valence-corrected chi connectivity index (χ4v) is 3.69. The van der Waals surface area contributed by atoms with Crippen LogP contribution in [-0.4, -0.2) is 31.4 Å². The van der Waals surface area contributed by atoms with Gasteiger partial charge in [0.05, 0.1) is 13.1 Å². The number of likely N-dealkylation sites (N-methyl/N-ethyl adjacent to an activating group) is 1. The van der Waals surface area contributed by atoms with Gasteiger partial charge in [-0.2, -0.15) is 0 Å². The Morgan fingerprint density at radius 2 is 1.38 bits per heavy atom. The number of hydrogen-bond donors (Lipinski definition) is 3. The normalized spacial score (nSPS) is 12.8. The van der Waals surface area contributed by atoms with Crippen LogP contribution in [0.1, 0.15) is 36.6 Å². The molecule has 0 spiro atoms. The van der Waals surface area contributed by atoms with E-state index in [9.17, 15) is 9.59 Å². The number of aryl methyl sites for hydroxylation is 1. The molecule has 32 heavy (non-hydrogen) atoms. The average Bonchev–Trinajstić information content (AvgIpc) is 2.83. The quantitative estimate of drug-likeness (QED) is 0.489. The molecule has 0 fully saturated rings. The molecule has 0 aliphatic carbocycles. The summed E-state index contributed by atoms with van der Waals surface area (Å²) in [6.07, 6.45) is 0.846. The standard InChI is InChI=1S/C27H31N3O2/c1-4-21-13-11-12-18-24(21)28-25(31)19-30(3)20(2)27(32)29-26(22-14-7-5-8-15-22)23-16-9-6-10-17-23/h5-18,20,26H,4,19H2,1-3H3,(H,28,31)(H,29,32)/p+1/t20-/m0/s1. The zero-order chi connectivity index (χ0) is 22.9. The van der Waals surface area contributed by atoms with Crippen molar-refractivity contribution < 1.29 is 14.5 Å². The monoisotopic (exact) mass is 430 g/mol. The van der Waals surface area contributed by atoms with E-state index in [1.54, 1.807) is 0 Å². The van der Waals surface area contributed by atoms with Crippen LogP contribution in [0.3, 0.4) is 0 Å². The largest absolute Gasteiger partial charge is 0.340 e. The molecule has 5 nitrogen and oxygen atoms in total. The number of nitrogens with one attached hydrogen (secondary N) is 3. The first-order valence-electron chi connectivity index (χ1n) is 11.1. The topological polar surface area (TPSA) is 62.6 Å². The maximum absolute atomic E-state index is 13.1. The SMILES string of the molecule is CCc1ccccc1NC(=O)C[NH+](C)[C@@H](C)C(=O)NC(c1ccccc1)c1ccccc1. The zero-order valence-electron chi connectivity index (χ0n) is 19.0. The van der Waals surface area contributed by atoms with Gasteiger partial charge in [-0.1, -0.05) is 85.8 Å². The maximum Gasteiger partial charge on any atom is 0.279 e. The van der Waals surface area contributed by atoms with Crippen molar-refractivity contribution in [3.63, 3.8) is 0 Å². The third-order valence-corrected chi connectivity index (χ3v) is 5.80. The van der Waals surface area contributed by atoms with Crippen molar-refractivity contribution in [3.05, 3.63) is 102 Å². The molecule has 1 unspecified atom stereocenters. The van der Waals surface area contributed by atoms with Crippen LogP contribution in [0.15, 0.2) is 84.9 Å². The van der Waals surface area contributed by atoms with Gasteiger partial charge in [-0.3, -0.25) is 9.59 Å². The predicted octanol–water partition coefficient (Wildman–Crippen LogP) is 3.00. The van der Waals surface area contributed by atoms with Crippen LogP contribution in [0.2, 0.25) is 0 Å². The minimum absolute atomic E-state index is 0.0954. The Bertz CT molecular complexity index is 982. The van der Waals surface area contributed by atoms with Crippen LogP contribution in [0.25, 0.3) is 0 Å². The van der Waals surface area contributed by atoms with Crippen LogP contribution in [-0.2, 0) is 16.0 Å². The van der Waals surface area contributed by atoms with Crippen LogP contribution in [0.5, 0.6) is 0 Å². The minimum atomic E-state index is -0.392. The van der Waals surface area contributed by atoms with Gasteiger partial charge in [0.25, 0.3) is 11.8 Å². The highest BCUT2D eigenvalue weighted by Crippen LogP contribution is 2.21. The molecule has 0 radical (unpaired) electrons. The lowest BCUT2D eigenvalue weighted by Gasteiger charge is -2.25. The highest BCUT2D eigenvalue weighted by atomic mass is 16.2. The third kappa shape index (κ3) is 6.05. The fourth-order valence-electron chi connectivity index (χ4n) is 3.69. The molecule has 0 saturated carbocycles. The Hall–Kier alpha value is -3.44. The van der Waals surface area contributed by atoms with E-state index in [-0.39, 0.29) is 24.4 Å². The average molecular weight is 431 g/mol. The van der Waals surface area contributed by atoms with E-state index in [1.807, 2.05) is 98.9 Å². The number of carbonyl (C=O) groups is 2. The Kier molecular flexibility index (Phi) is 8.17. The molecular weight excluding hydrogens is 398 g/mol. The number of amides is 2. The van der Waals surface area contributed by atoms with Crippen LogP contribution < -0.4 is 15.5 Å². The van der Waals surface area contributed by atoms with Gasteiger partial charge in [-0.05, 0) is 36.1 Å². The van der Waals surface area contributed by atoms with Crippen molar-refractivity contribution in [2.45, 2.75) is 32.4 Å². The summed E-state index contributed by atoms with van der Waals surface area (Å²) >= 11 is 0. The van der Waals surface area contributed by atoms with E-state index >= 15 is 0 Å². The molecule has 166 valence electrons. The lowest BCUT2D eigenvalue weighted by molar-refractivity contribution is -0.885. The molecule has 0 aliphatic heterocycles. The van der Waals surface area contributed by atoms with Gasteiger partial charge in [-0.15, -0.1) is 0 Å². The van der Waals surface area contributed by atoms with Crippen molar-refractivity contribution in [3.8, 4) is 0 Å².